The number of imide groups is 2. The van der Waals surface area contributed by atoms with Crippen LogP contribution in [-0.2, 0) is 0 Å². The Bertz CT molecular complexity index is 1100. The highest BCUT2D eigenvalue weighted by Gasteiger charge is 2.45. The van der Waals surface area contributed by atoms with Crippen molar-refractivity contribution in [2.75, 3.05) is 0 Å². The van der Waals surface area contributed by atoms with Gasteiger partial charge >= 0.3 is 0 Å². The van der Waals surface area contributed by atoms with E-state index < -0.39 is 23.6 Å². The molecule has 2 aliphatic heterocycles. The Morgan fingerprint density at radius 3 is 1.12 bits per heavy atom. The number of carbonyl (C=O) groups is 4. The molecule has 0 aromatic heterocycles. The molecule has 4 atom stereocenters. The van der Waals surface area contributed by atoms with Crippen molar-refractivity contribution >= 4 is 34.4 Å². The highest BCUT2D eigenvalue weighted by molar-refractivity contribution is 6.33. The first-order chi connectivity index (χ1) is 16.4. The van der Waals surface area contributed by atoms with Gasteiger partial charge in [-0.15, -0.1) is 0 Å². The van der Waals surface area contributed by atoms with E-state index in [9.17, 15) is 19.2 Å². The molecule has 6 rings (SSSR count). The van der Waals surface area contributed by atoms with Gasteiger partial charge in [-0.3, -0.25) is 29.0 Å². The molecule has 0 saturated heterocycles. The van der Waals surface area contributed by atoms with Crippen molar-refractivity contribution in [1.29, 1.82) is 0 Å². The van der Waals surface area contributed by atoms with Gasteiger partial charge in [0.25, 0.3) is 23.6 Å². The van der Waals surface area contributed by atoms with Crippen LogP contribution in [0.4, 0.5) is 0 Å². The quantitative estimate of drug-likeness (QED) is 0.663. The molecule has 0 spiro atoms. The molecule has 34 heavy (non-hydrogen) atoms. The van der Waals surface area contributed by atoms with E-state index in [1.54, 1.807) is 24.3 Å². The van der Waals surface area contributed by atoms with Gasteiger partial charge in [-0.1, -0.05) is 25.7 Å². The maximum atomic E-state index is 13.6. The number of rotatable bonds is 2. The third kappa shape index (κ3) is 2.85. The highest BCUT2D eigenvalue weighted by Crippen LogP contribution is 2.40. The Labute approximate surface area is 197 Å². The topological polar surface area (TPSA) is 127 Å². The van der Waals surface area contributed by atoms with Crippen molar-refractivity contribution in [2.45, 2.75) is 75.5 Å². The van der Waals surface area contributed by atoms with Gasteiger partial charge in [0, 0.05) is 45.1 Å². The van der Waals surface area contributed by atoms with Gasteiger partial charge in [-0.2, -0.15) is 0 Å². The Kier molecular flexibility index (Phi) is 4.86. The molecule has 2 heterocycles. The molecular weight excluding hydrogens is 432 g/mol. The zero-order chi connectivity index (χ0) is 23.7. The summed E-state index contributed by atoms with van der Waals surface area (Å²) in [7, 11) is 0. The molecule has 0 bridgehead atoms. The van der Waals surface area contributed by atoms with Crippen molar-refractivity contribution in [3.8, 4) is 0 Å². The average molecular weight is 461 g/mol. The number of amides is 4. The summed E-state index contributed by atoms with van der Waals surface area (Å²) in [5, 5.41) is 0.805. The monoisotopic (exact) mass is 460 g/mol. The lowest BCUT2D eigenvalue weighted by Crippen LogP contribution is -2.56. The largest absolute Gasteiger partial charge is 0.326 e. The van der Waals surface area contributed by atoms with E-state index in [1.165, 1.54) is 9.80 Å². The predicted molar refractivity (Wildman–Crippen MR) is 125 cm³/mol. The molecule has 4 amide bonds. The third-order valence-electron chi connectivity index (χ3n) is 8.18. The summed E-state index contributed by atoms with van der Waals surface area (Å²) in [4.78, 5) is 56.8. The SMILES string of the molecule is NC1CCCCC1N1C(=O)c2ccc3c4c(ccc(c24)C1=O)C(=O)N(C1CCCCC1N)C3=O. The molecule has 2 aromatic carbocycles. The molecule has 4 N–H and O–H groups in total. The van der Waals surface area contributed by atoms with E-state index in [0.717, 1.165) is 38.5 Å². The van der Waals surface area contributed by atoms with Crippen molar-refractivity contribution in [3.63, 3.8) is 0 Å². The molecule has 2 aromatic rings. The van der Waals surface area contributed by atoms with Gasteiger partial charge < -0.3 is 11.5 Å². The minimum atomic E-state index is -0.403. The third-order valence-corrected chi connectivity index (χ3v) is 8.18. The summed E-state index contributed by atoms with van der Waals surface area (Å²) in [6.45, 7) is 0. The van der Waals surface area contributed by atoms with Crippen LogP contribution in [0.25, 0.3) is 10.8 Å². The number of nitrogens with zero attached hydrogens (tertiary/aromatic N) is 2. The number of hydrogen-bond donors (Lipinski definition) is 2. The molecule has 2 saturated carbocycles. The number of benzene rings is 2. The summed E-state index contributed by atoms with van der Waals surface area (Å²) >= 11 is 0. The van der Waals surface area contributed by atoms with E-state index in [0.29, 0.717) is 45.9 Å². The summed E-state index contributed by atoms with van der Waals surface area (Å²) < 4.78 is 0. The first-order valence-corrected chi connectivity index (χ1v) is 12.3. The summed E-state index contributed by atoms with van der Waals surface area (Å²) in [5.41, 5.74) is 14.0. The van der Waals surface area contributed by atoms with Crippen LogP contribution in [0.2, 0.25) is 0 Å². The Hall–Kier alpha value is -3.10. The van der Waals surface area contributed by atoms with E-state index in [1.807, 2.05) is 0 Å². The Morgan fingerprint density at radius 1 is 0.529 bits per heavy atom. The second kappa shape index (κ2) is 7.71. The van der Waals surface area contributed by atoms with Crippen LogP contribution in [0.15, 0.2) is 24.3 Å². The molecule has 2 aliphatic carbocycles. The van der Waals surface area contributed by atoms with Crippen LogP contribution >= 0.6 is 0 Å². The van der Waals surface area contributed by atoms with E-state index in [-0.39, 0.29) is 24.2 Å². The summed E-state index contributed by atoms with van der Waals surface area (Å²) in [5.74, 6) is -1.61. The fourth-order valence-corrected chi connectivity index (χ4v) is 6.44. The summed E-state index contributed by atoms with van der Waals surface area (Å²) in [6.07, 6.45) is 6.70. The van der Waals surface area contributed by atoms with E-state index in [2.05, 4.69) is 0 Å². The van der Waals surface area contributed by atoms with E-state index >= 15 is 0 Å². The van der Waals surface area contributed by atoms with Gasteiger partial charge in [-0.25, -0.2) is 0 Å². The van der Waals surface area contributed by atoms with Crippen LogP contribution in [0, 0.1) is 0 Å². The van der Waals surface area contributed by atoms with Crippen LogP contribution < -0.4 is 11.5 Å². The van der Waals surface area contributed by atoms with Crippen molar-refractivity contribution < 1.29 is 19.2 Å². The summed E-state index contributed by atoms with van der Waals surface area (Å²) in [6, 6.07) is 5.26. The van der Waals surface area contributed by atoms with Crippen molar-refractivity contribution in [1.82, 2.24) is 9.80 Å². The standard InChI is InChI=1S/C26H28N4O4/c27-17-5-1-3-7-19(17)29-23(31)13-9-11-15-22-16(12-10-14(21(13)22)24(29)32)26(34)30(25(15)33)20-8-4-2-6-18(20)28/h9-12,17-20H,1-8,27-28H2. The smallest absolute Gasteiger partial charge is 0.261 e. The molecular formula is C26H28N4O4. The van der Waals surface area contributed by atoms with Gasteiger partial charge in [-0.05, 0) is 49.9 Å². The molecule has 176 valence electrons. The number of carbonyl (C=O) groups excluding carboxylic acids is 4. The molecule has 8 nitrogen and oxygen atoms in total. The average Bonchev–Trinajstić information content (AvgIpc) is 2.83. The Morgan fingerprint density at radius 2 is 0.824 bits per heavy atom. The van der Waals surface area contributed by atoms with Crippen LogP contribution in [-0.4, -0.2) is 57.6 Å². The minimum absolute atomic E-state index is 0.257. The van der Waals surface area contributed by atoms with Gasteiger partial charge in [0.1, 0.15) is 0 Å². The minimum Gasteiger partial charge on any atom is -0.326 e. The lowest BCUT2D eigenvalue weighted by atomic mass is 9.82. The van der Waals surface area contributed by atoms with Crippen LogP contribution in [0.3, 0.4) is 0 Å². The molecule has 2 fully saturated rings. The maximum Gasteiger partial charge on any atom is 0.261 e. The maximum absolute atomic E-state index is 13.6. The second-order valence-electron chi connectivity index (χ2n) is 10.1. The fourth-order valence-electron chi connectivity index (χ4n) is 6.44. The number of nitrogens with two attached hydrogens (primary N) is 2. The van der Waals surface area contributed by atoms with Gasteiger partial charge in [0.05, 0.1) is 12.1 Å². The van der Waals surface area contributed by atoms with Crippen molar-refractivity contribution in [2.24, 2.45) is 11.5 Å². The second-order valence-corrected chi connectivity index (χ2v) is 10.1. The normalized spacial score (nSPS) is 29.2. The zero-order valence-electron chi connectivity index (χ0n) is 19.0. The molecule has 4 unspecified atom stereocenters. The first-order valence-electron chi connectivity index (χ1n) is 12.3. The van der Waals surface area contributed by atoms with Crippen molar-refractivity contribution in [3.05, 3.63) is 46.5 Å². The van der Waals surface area contributed by atoms with Crippen LogP contribution in [0.5, 0.6) is 0 Å². The predicted octanol–water partition coefficient (Wildman–Crippen LogP) is 2.57. The fraction of sp³-hybridized carbons (Fsp3) is 0.462. The van der Waals surface area contributed by atoms with Gasteiger partial charge in [0.15, 0.2) is 0 Å². The first kappa shape index (κ1) is 21.4. The van der Waals surface area contributed by atoms with Gasteiger partial charge in [0.2, 0.25) is 0 Å². The number of hydrogen-bond acceptors (Lipinski definition) is 6. The zero-order valence-corrected chi connectivity index (χ0v) is 19.0. The lowest BCUT2D eigenvalue weighted by molar-refractivity contribution is 0.0459. The Balaban J connectivity index is 1.49. The van der Waals surface area contributed by atoms with E-state index in [4.69, 9.17) is 11.5 Å². The molecule has 4 aliphatic rings. The molecule has 8 heteroatoms. The molecule has 0 radical (unpaired) electrons. The highest BCUT2D eigenvalue weighted by atomic mass is 16.2. The lowest BCUT2D eigenvalue weighted by Gasteiger charge is -2.41. The van der Waals surface area contributed by atoms with Crippen LogP contribution in [0.1, 0.15) is 92.8 Å².